The van der Waals surface area contributed by atoms with E-state index in [-0.39, 0.29) is 11.4 Å². The summed E-state index contributed by atoms with van der Waals surface area (Å²) in [6.07, 6.45) is -0.129. The van der Waals surface area contributed by atoms with Gasteiger partial charge in [0.1, 0.15) is 0 Å². The molecular weight excluding hydrogens is 328 g/mol. The second-order valence-electron chi connectivity index (χ2n) is 6.17. The lowest BCUT2D eigenvalue weighted by Gasteiger charge is -2.06. The Morgan fingerprint density at radius 1 is 1.20 bits per heavy atom. The van der Waals surface area contributed by atoms with Gasteiger partial charge in [-0.3, -0.25) is 4.79 Å². The first-order valence-electron chi connectivity index (χ1n) is 7.99. The summed E-state index contributed by atoms with van der Waals surface area (Å²) in [5.74, 6) is 0.0908. The highest BCUT2D eigenvalue weighted by molar-refractivity contribution is 5.50. The molecule has 0 spiro atoms. The van der Waals surface area contributed by atoms with Crippen molar-refractivity contribution in [1.29, 1.82) is 0 Å². The van der Waals surface area contributed by atoms with Crippen molar-refractivity contribution in [2.24, 2.45) is 5.92 Å². The van der Waals surface area contributed by atoms with Crippen molar-refractivity contribution in [3.8, 4) is 11.5 Å². The Labute approximate surface area is 141 Å². The van der Waals surface area contributed by atoms with Crippen LogP contribution in [0.15, 0.2) is 57.9 Å². The minimum Gasteiger partial charge on any atom is -0.415 e. The third kappa shape index (κ3) is 3.22. The molecule has 0 unspecified atom stereocenters. The summed E-state index contributed by atoms with van der Waals surface area (Å²) in [6, 6.07) is 13.2. The molecule has 1 fully saturated rings. The molecule has 0 amide bonds. The second-order valence-corrected chi connectivity index (χ2v) is 6.17. The Balaban J connectivity index is 1.48. The maximum Gasteiger partial charge on any atom is 0.314 e. The Bertz CT molecular complexity index is 937. The summed E-state index contributed by atoms with van der Waals surface area (Å²) < 4.78 is 31.5. The number of rotatable bonds is 5. The van der Waals surface area contributed by atoms with Crippen molar-refractivity contribution in [1.82, 2.24) is 14.8 Å². The lowest BCUT2D eigenvalue weighted by molar-refractivity contribution is 0.116. The molecule has 0 aliphatic heterocycles. The summed E-state index contributed by atoms with van der Waals surface area (Å²) in [5.41, 5.74) is 1.42. The standard InChI is InChI=1S/C18H15F2N3O2/c19-16(20)18-22-21-17(25-18)12-6-7-23(15(24)9-12)10-13-8-14(13)11-4-2-1-3-5-11/h1-7,9,13-14,16H,8,10H2/t13-,14-/m0/s1. The number of halogens is 2. The highest BCUT2D eigenvalue weighted by Crippen LogP contribution is 2.48. The first-order valence-corrected chi connectivity index (χ1v) is 7.99. The van der Waals surface area contributed by atoms with E-state index in [2.05, 4.69) is 22.3 Å². The quantitative estimate of drug-likeness (QED) is 0.710. The van der Waals surface area contributed by atoms with Gasteiger partial charge in [-0.15, -0.1) is 10.2 Å². The van der Waals surface area contributed by atoms with E-state index in [4.69, 9.17) is 4.42 Å². The molecule has 0 N–H and O–H groups in total. The SMILES string of the molecule is O=c1cc(-c2nnc(C(F)F)o2)ccn1C[C@@H]1C[C@H]1c1ccccc1. The fourth-order valence-electron chi connectivity index (χ4n) is 3.04. The number of aromatic nitrogens is 3. The predicted octanol–water partition coefficient (Wildman–Crippen LogP) is 3.64. The molecule has 0 radical (unpaired) electrons. The van der Waals surface area contributed by atoms with Gasteiger partial charge in [0, 0.05) is 24.4 Å². The van der Waals surface area contributed by atoms with Gasteiger partial charge in [0.05, 0.1) is 0 Å². The number of nitrogens with zero attached hydrogens (tertiary/aromatic N) is 3. The van der Waals surface area contributed by atoms with Crippen LogP contribution in [0.1, 0.15) is 30.2 Å². The Morgan fingerprint density at radius 3 is 2.68 bits per heavy atom. The van der Waals surface area contributed by atoms with E-state index in [1.54, 1.807) is 16.8 Å². The topological polar surface area (TPSA) is 60.9 Å². The van der Waals surface area contributed by atoms with Crippen LogP contribution in [0.4, 0.5) is 8.78 Å². The monoisotopic (exact) mass is 343 g/mol. The lowest BCUT2D eigenvalue weighted by atomic mass is 10.1. The maximum absolute atomic E-state index is 12.5. The van der Waals surface area contributed by atoms with Gasteiger partial charge in [-0.25, -0.2) is 0 Å². The minimum absolute atomic E-state index is 0.0758. The molecule has 128 valence electrons. The number of benzene rings is 1. The zero-order valence-corrected chi connectivity index (χ0v) is 13.2. The highest BCUT2D eigenvalue weighted by atomic mass is 19.3. The van der Waals surface area contributed by atoms with Crippen LogP contribution in [-0.4, -0.2) is 14.8 Å². The molecular formula is C18H15F2N3O2. The summed E-state index contributed by atoms with van der Waals surface area (Å²) in [4.78, 5) is 12.3. The molecule has 1 aliphatic rings. The van der Waals surface area contributed by atoms with Crippen molar-refractivity contribution >= 4 is 0 Å². The largest absolute Gasteiger partial charge is 0.415 e. The van der Waals surface area contributed by atoms with Crippen LogP contribution in [0.2, 0.25) is 0 Å². The van der Waals surface area contributed by atoms with Crippen LogP contribution >= 0.6 is 0 Å². The summed E-state index contributed by atoms with van der Waals surface area (Å²) >= 11 is 0. The van der Waals surface area contributed by atoms with Crippen LogP contribution in [0.3, 0.4) is 0 Å². The molecule has 2 heterocycles. The average Bonchev–Trinajstić information content (AvgIpc) is 3.19. The molecule has 2 atom stereocenters. The average molecular weight is 343 g/mol. The third-order valence-electron chi connectivity index (χ3n) is 4.45. The van der Waals surface area contributed by atoms with Gasteiger partial charge in [0.25, 0.3) is 11.4 Å². The van der Waals surface area contributed by atoms with E-state index in [1.807, 2.05) is 18.2 Å². The smallest absolute Gasteiger partial charge is 0.314 e. The van der Waals surface area contributed by atoms with E-state index >= 15 is 0 Å². The fourth-order valence-corrected chi connectivity index (χ4v) is 3.04. The lowest BCUT2D eigenvalue weighted by Crippen LogP contribution is -2.19. The predicted molar refractivity (Wildman–Crippen MR) is 86.2 cm³/mol. The maximum atomic E-state index is 12.5. The Kier molecular flexibility index (Phi) is 3.91. The molecule has 3 aromatic rings. The molecule has 25 heavy (non-hydrogen) atoms. The van der Waals surface area contributed by atoms with Crippen LogP contribution in [-0.2, 0) is 6.54 Å². The molecule has 0 saturated heterocycles. The van der Waals surface area contributed by atoms with Gasteiger partial charge in [-0.2, -0.15) is 8.78 Å². The normalized spacial score (nSPS) is 19.3. The fraction of sp³-hybridized carbons (Fsp3) is 0.278. The second kappa shape index (κ2) is 6.23. The van der Waals surface area contributed by atoms with Crippen molar-refractivity contribution < 1.29 is 13.2 Å². The van der Waals surface area contributed by atoms with Gasteiger partial charge in [-0.05, 0) is 29.9 Å². The molecule has 1 aromatic carbocycles. The first-order chi connectivity index (χ1) is 12.1. The van der Waals surface area contributed by atoms with Crippen molar-refractivity contribution in [3.63, 3.8) is 0 Å². The van der Waals surface area contributed by atoms with E-state index < -0.39 is 12.3 Å². The molecule has 7 heteroatoms. The van der Waals surface area contributed by atoms with Crippen molar-refractivity contribution in [3.05, 3.63) is 70.5 Å². The van der Waals surface area contributed by atoms with Crippen molar-refractivity contribution in [2.75, 3.05) is 0 Å². The van der Waals surface area contributed by atoms with Crippen LogP contribution in [0, 0.1) is 5.92 Å². The first kappa shape index (κ1) is 15.7. The summed E-state index contributed by atoms with van der Waals surface area (Å²) in [5, 5.41) is 6.83. The van der Waals surface area contributed by atoms with E-state index in [9.17, 15) is 13.6 Å². The van der Waals surface area contributed by atoms with Gasteiger partial charge >= 0.3 is 6.43 Å². The van der Waals surface area contributed by atoms with Gasteiger partial charge in [-0.1, -0.05) is 30.3 Å². The minimum atomic E-state index is -2.83. The van der Waals surface area contributed by atoms with E-state index in [0.717, 1.165) is 6.42 Å². The number of alkyl halides is 2. The Morgan fingerprint density at radius 2 is 2.00 bits per heavy atom. The van der Waals surface area contributed by atoms with Crippen LogP contribution in [0.25, 0.3) is 11.5 Å². The zero-order valence-electron chi connectivity index (χ0n) is 13.2. The molecule has 4 rings (SSSR count). The molecule has 1 aliphatic carbocycles. The van der Waals surface area contributed by atoms with Crippen LogP contribution in [0.5, 0.6) is 0 Å². The highest BCUT2D eigenvalue weighted by Gasteiger charge is 2.38. The molecule has 1 saturated carbocycles. The third-order valence-corrected chi connectivity index (χ3v) is 4.45. The van der Waals surface area contributed by atoms with Crippen molar-refractivity contribution in [2.45, 2.75) is 25.3 Å². The molecule has 0 bridgehead atoms. The molecule has 5 nitrogen and oxygen atoms in total. The number of hydrogen-bond donors (Lipinski definition) is 0. The van der Waals surface area contributed by atoms with Gasteiger partial charge in [0.15, 0.2) is 0 Å². The van der Waals surface area contributed by atoms with E-state index in [1.165, 1.54) is 11.6 Å². The number of hydrogen-bond acceptors (Lipinski definition) is 4. The van der Waals surface area contributed by atoms with Gasteiger partial charge < -0.3 is 8.98 Å². The zero-order chi connectivity index (χ0) is 17.4. The van der Waals surface area contributed by atoms with E-state index in [0.29, 0.717) is 23.9 Å². The van der Waals surface area contributed by atoms with Gasteiger partial charge in [0.2, 0.25) is 5.89 Å². The number of pyridine rings is 1. The summed E-state index contributed by atoms with van der Waals surface area (Å²) in [6.45, 7) is 0.630. The summed E-state index contributed by atoms with van der Waals surface area (Å²) in [7, 11) is 0. The molecule has 2 aromatic heterocycles. The Hall–Kier alpha value is -2.83. The van der Waals surface area contributed by atoms with Crippen LogP contribution < -0.4 is 5.56 Å².